The summed E-state index contributed by atoms with van der Waals surface area (Å²) in [5.74, 6) is -0.792. The smallest absolute Gasteiger partial charge is 0.303 e. The fraction of sp³-hybridized carbons (Fsp3) is 0.467. The van der Waals surface area contributed by atoms with Crippen molar-refractivity contribution in [2.45, 2.75) is 44.4 Å². The molecule has 19 heavy (non-hydrogen) atoms. The number of hydrogen-bond acceptors (Lipinski definition) is 2. The molecule has 0 saturated heterocycles. The van der Waals surface area contributed by atoms with E-state index in [-0.39, 0.29) is 12.3 Å². The van der Waals surface area contributed by atoms with Crippen LogP contribution in [0.3, 0.4) is 0 Å². The summed E-state index contributed by atoms with van der Waals surface area (Å²) in [6, 6.07) is 7.71. The number of carbonyl (C=O) groups excluding carboxylic acids is 1. The van der Waals surface area contributed by atoms with Gasteiger partial charge in [-0.3, -0.25) is 9.59 Å². The summed E-state index contributed by atoms with van der Waals surface area (Å²) in [5.41, 5.74) is 1.35. The first-order chi connectivity index (χ1) is 9.10. The first-order valence-electron chi connectivity index (χ1n) is 6.73. The van der Waals surface area contributed by atoms with Crippen molar-refractivity contribution < 1.29 is 14.7 Å². The average Bonchev–Trinajstić information content (AvgIpc) is 2.63. The lowest BCUT2D eigenvalue weighted by Gasteiger charge is -2.27. The van der Waals surface area contributed by atoms with Gasteiger partial charge in [0.05, 0.1) is 5.41 Å². The van der Waals surface area contributed by atoms with E-state index in [0.29, 0.717) is 12.8 Å². The van der Waals surface area contributed by atoms with E-state index >= 15 is 0 Å². The van der Waals surface area contributed by atoms with Crippen LogP contribution in [0.1, 0.15) is 44.6 Å². The Morgan fingerprint density at radius 1 is 1.32 bits per heavy atom. The molecule has 0 radical (unpaired) electrons. The molecule has 1 aromatic rings. The second kappa shape index (κ2) is 5.43. The van der Waals surface area contributed by atoms with Crippen molar-refractivity contribution in [1.82, 2.24) is 0 Å². The SMILES string of the molecule is CCCC1(CCCC(=O)O)C(=O)Nc2ccccc21. The van der Waals surface area contributed by atoms with E-state index < -0.39 is 11.4 Å². The van der Waals surface area contributed by atoms with Crippen LogP contribution in [0.5, 0.6) is 0 Å². The Balaban J connectivity index is 2.28. The summed E-state index contributed by atoms with van der Waals surface area (Å²) in [6.45, 7) is 2.05. The van der Waals surface area contributed by atoms with Gasteiger partial charge in [-0.2, -0.15) is 0 Å². The maximum Gasteiger partial charge on any atom is 0.303 e. The molecule has 0 spiro atoms. The number of carboxylic acids is 1. The number of aliphatic carboxylic acids is 1. The highest BCUT2D eigenvalue weighted by Crippen LogP contribution is 2.44. The van der Waals surface area contributed by atoms with Crippen molar-refractivity contribution in [3.8, 4) is 0 Å². The standard InChI is InChI=1S/C15H19NO3/c1-2-9-15(10-5-8-13(17)18)11-6-3-4-7-12(11)16-14(15)19/h3-4,6-7H,2,5,8-10H2,1H3,(H,16,19)(H,17,18). The number of anilines is 1. The van der Waals surface area contributed by atoms with Gasteiger partial charge in [0, 0.05) is 12.1 Å². The molecule has 0 bridgehead atoms. The molecule has 0 saturated carbocycles. The molecule has 102 valence electrons. The highest BCUT2D eigenvalue weighted by atomic mass is 16.4. The van der Waals surface area contributed by atoms with Crippen LogP contribution >= 0.6 is 0 Å². The van der Waals surface area contributed by atoms with Gasteiger partial charge in [-0.05, 0) is 30.9 Å². The molecule has 1 aliphatic heterocycles. The van der Waals surface area contributed by atoms with Crippen LogP contribution in [-0.4, -0.2) is 17.0 Å². The van der Waals surface area contributed by atoms with Gasteiger partial charge in [0.25, 0.3) is 0 Å². The molecular weight excluding hydrogens is 242 g/mol. The fourth-order valence-corrected chi connectivity index (χ4v) is 2.96. The maximum atomic E-state index is 12.4. The minimum absolute atomic E-state index is 0.0148. The topological polar surface area (TPSA) is 66.4 Å². The number of amides is 1. The van der Waals surface area contributed by atoms with Crippen LogP contribution in [0.25, 0.3) is 0 Å². The summed E-state index contributed by atoms with van der Waals surface area (Å²) >= 11 is 0. The fourth-order valence-electron chi connectivity index (χ4n) is 2.96. The molecule has 2 N–H and O–H groups in total. The van der Waals surface area contributed by atoms with Gasteiger partial charge >= 0.3 is 5.97 Å². The third-order valence-electron chi connectivity index (χ3n) is 3.80. The Morgan fingerprint density at radius 2 is 2.05 bits per heavy atom. The number of benzene rings is 1. The monoisotopic (exact) mass is 261 g/mol. The normalized spacial score (nSPS) is 21.0. The first kappa shape index (κ1) is 13.6. The molecule has 1 unspecified atom stereocenters. The maximum absolute atomic E-state index is 12.4. The average molecular weight is 261 g/mol. The van der Waals surface area contributed by atoms with Crippen molar-refractivity contribution in [3.05, 3.63) is 29.8 Å². The molecule has 1 aliphatic rings. The molecule has 0 aliphatic carbocycles. The van der Waals surface area contributed by atoms with E-state index in [1.54, 1.807) is 0 Å². The first-order valence-corrected chi connectivity index (χ1v) is 6.73. The zero-order valence-electron chi connectivity index (χ0n) is 11.1. The van der Waals surface area contributed by atoms with Crippen molar-refractivity contribution in [1.29, 1.82) is 0 Å². The highest BCUT2D eigenvalue weighted by Gasteiger charge is 2.45. The third-order valence-corrected chi connectivity index (χ3v) is 3.80. The summed E-state index contributed by atoms with van der Waals surface area (Å²) in [6.07, 6.45) is 2.89. The van der Waals surface area contributed by atoms with E-state index in [1.807, 2.05) is 31.2 Å². The number of rotatable bonds is 6. The minimum Gasteiger partial charge on any atom is -0.481 e. The van der Waals surface area contributed by atoms with Gasteiger partial charge in [-0.1, -0.05) is 31.5 Å². The largest absolute Gasteiger partial charge is 0.481 e. The molecular formula is C15H19NO3. The quantitative estimate of drug-likeness (QED) is 0.827. The molecule has 1 atom stereocenters. The lowest BCUT2D eigenvalue weighted by Crippen LogP contribution is -2.34. The van der Waals surface area contributed by atoms with Crippen molar-refractivity contribution in [3.63, 3.8) is 0 Å². The number of hydrogen-bond donors (Lipinski definition) is 2. The molecule has 4 heteroatoms. The van der Waals surface area contributed by atoms with Gasteiger partial charge in [0.1, 0.15) is 0 Å². The van der Waals surface area contributed by atoms with Crippen LogP contribution in [0.4, 0.5) is 5.69 Å². The predicted octanol–water partition coefficient (Wildman–Crippen LogP) is 2.93. The summed E-state index contributed by atoms with van der Waals surface area (Å²) in [7, 11) is 0. The molecule has 1 aromatic carbocycles. The van der Waals surface area contributed by atoms with Gasteiger partial charge in [-0.15, -0.1) is 0 Å². The summed E-state index contributed by atoms with van der Waals surface area (Å²) < 4.78 is 0. The van der Waals surface area contributed by atoms with E-state index in [2.05, 4.69) is 5.32 Å². The highest BCUT2D eigenvalue weighted by molar-refractivity contribution is 6.06. The Hall–Kier alpha value is -1.84. The van der Waals surface area contributed by atoms with Crippen molar-refractivity contribution >= 4 is 17.6 Å². The third kappa shape index (κ3) is 2.48. The van der Waals surface area contributed by atoms with E-state index in [1.165, 1.54) is 0 Å². The van der Waals surface area contributed by atoms with Gasteiger partial charge in [-0.25, -0.2) is 0 Å². The molecule has 1 amide bonds. The van der Waals surface area contributed by atoms with Gasteiger partial charge in [0.15, 0.2) is 0 Å². The summed E-state index contributed by atoms with van der Waals surface area (Å²) in [5, 5.41) is 11.7. The Bertz CT molecular complexity index is 498. The van der Waals surface area contributed by atoms with Crippen molar-refractivity contribution in [2.24, 2.45) is 0 Å². The zero-order valence-corrected chi connectivity index (χ0v) is 11.1. The number of para-hydroxylation sites is 1. The van der Waals surface area contributed by atoms with E-state index in [0.717, 1.165) is 24.1 Å². The summed E-state index contributed by atoms with van der Waals surface area (Å²) in [4.78, 5) is 23.0. The lowest BCUT2D eigenvalue weighted by molar-refractivity contribution is -0.137. The van der Waals surface area contributed by atoms with Crippen LogP contribution < -0.4 is 5.32 Å². The van der Waals surface area contributed by atoms with Gasteiger partial charge < -0.3 is 10.4 Å². The molecule has 0 fully saturated rings. The molecule has 2 rings (SSSR count). The zero-order chi connectivity index (χ0) is 13.9. The van der Waals surface area contributed by atoms with Crippen LogP contribution in [-0.2, 0) is 15.0 Å². The second-order valence-electron chi connectivity index (χ2n) is 5.08. The number of carbonyl (C=O) groups is 2. The Labute approximate surface area is 112 Å². The Morgan fingerprint density at radius 3 is 2.74 bits per heavy atom. The van der Waals surface area contributed by atoms with E-state index in [4.69, 9.17) is 5.11 Å². The van der Waals surface area contributed by atoms with Crippen LogP contribution in [0.15, 0.2) is 24.3 Å². The van der Waals surface area contributed by atoms with Crippen molar-refractivity contribution in [2.75, 3.05) is 5.32 Å². The number of carboxylic acid groups (broad SMARTS) is 1. The number of nitrogens with one attached hydrogen (secondary N) is 1. The minimum atomic E-state index is -0.807. The number of fused-ring (bicyclic) bond motifs is 1. The van der Waals surface area contributed by atoms with Crippen LogP contribution in [0.2, 0.25) is 0 Å². The lowest BCUT2D eigenvalue weighted by atomic mass is 9.74. The predicted molar refractivity (Wildman–Crippen MR) is 73.1 cm³/mol. The van der Waals surface area contributed by atoms with Crippen LogP contribution in [0, 0.1) is 0 Å². The molecule has 1 heterocycles. The molecule has 4 nitrogen and oxygen atoms in total. The Kier molecular flexibility index (Phi) is 3.88. The van der Waals surface area contributed by atoms with E-state index in [9.17, 15) is 9.59 Å². The molecule has 0 aromatic heterocycles. The second-order valence-corrected chi connectivity index (χ2v) is 5.08. The van der Waals surface area contributed by atoms with Gasteiger partial charge in [0.2, 0.25) is 5.91 Å².